The minimum atomic E-state index is -2.51. The highest BCUT2D eigenvalue weighted by Crippen LogP contribution is 2.35. The first-order valence-electron chi connectivity index (χ1n) is 7.27. The van der Waals surface area contributed by atoms with Gasteiger partial charge in [-0.05, 0) is 48.6 Å². The van der Waals surface area contributed by atoms with Gasteiger partial charge in [-0.3, -0.25) is 9.00 Å². The maximum Gasteiger partial charge on any atom is 0.231 e. The van der Waals surface area contributed by atoms with Crippen LogP contribution in [0.2, 0.25) is 0 Å². The Hall–Kier alpha value is -1.24. The highest BCUT2D eigenvalue weighted by Gasteiger charge is 2.41. The molecule has 0 aromatic rings. The molecule has 1 rings (SSSR count). The van der Waals surface area contributed by atoms with Gasteiger partial charge in [-0.2, -0.15) is 0 Å². The number of methoxy groups -OCH3 is 1. The number of hydrogen-bond donors (Lipinski definition) is 1. The number of amides is 1. The molecule has 0 heterocycles. The summed E-state index contributed by atoms with van der Waals surface area (Å²) < 4.78 is 29.0. The molecule has 0 aromatic carbocycles. The Kier molecular flexibility index (Phi) is 6.71. The van der Waals surface area contributed by atoms with Crippen LogP contribution in [0.1, 0.15) is 33.6 Å². The third-order valence-electron chi connectivity index (χ3n) is 4.01. The van der Waals surface area contributed by atoms with Gasteiger partial charge in [0, 0.05) is 19.1 Å². The monoisotopic (exact) mass is 326 g/mol. The van der Waals surface area contributed by atoms with Crippen molar-refractivity contribution in [3.63, 3.8) is 0 Å². The minimum Gasteiger partial charge on any atom is -0.769 e. The molecule has 124 valence electrons. The SMILES string of the molecule is CCCC1=C(C)C=CC(C)(OC)C(C(=O)NC)C(S(=O)[O-])=C1. The van der Waals surface area contributed by atoms with Gasteiger partial charge in [0.05, 0.1) is 5.60 Å². The molecule has 0 spiro atoms. The van der Waals surface area contributed by atoms with E-state index in [-0.39, 0.29) is 10.8 Å². The molecule has 0 bridgehead atoms. The van der Waals surface area contributed by atoms with E-state index >= 15 is 0 Å². The lowest BCUT2D eigenvalue weighted by Gasteiger charge is -2.36. The molecule has 1 amide bonds. The Morgan fingerprint density at radius 1 is 1.55 bits per heavy atom. The summed E-state index contributed by atoms with van der Waals surface area (Å²) in [4.78, 5) is 12.4. The van der Waals surface area contributed by atoms with E-state index in [0.29, 0.717) is 0 Å². The first kappa shape index (κ1) is 18.8. The smallest absolute Gasteiger partial charge is 0.231 e. The van der Waals surface area contributed by atoms with E-state index in [1.54, 1.807) is 19.1 Å². The molecule has 0 saturated carbocycles. The summed E-state index contributed by atoms with van der Waals surface area (Å²) in [7, 11) is 2.96. The number of nitrogens with one attached hydrogen (secondary N) is 1. The molecular weight excluding hydrogens is 302 g/mol. The van der Waals surface area contributed by atoms with E-state index in [2.05, 4.69) is 5.32 Å². The van der Waals surface area contributed by atoms with Crippen LogP contribution in [0.3, 0.4) is 0 Å². The van der Waals surface area contributed by atoms with Crippen LogP contribution in [0, 0.1) is 5.92 Å². The molecule has 0 aromatic heterocycles. The van der Waals surface area contributed by atoms with Crippen molar-refractivity contribution in [3.05, 3.63) is 34.3 Å². The van der Waals surface area contributed by atoms with E-state index in [0.717, 1.165) is 24.0 Å². The van der Waals surface area contributed by atoms with Crippen molar-refractivity contribution in [1.82, 2.24) is 5.32 Å². The van der Waals surface area contributed by atoms with Crippen molar-refractivity contribution in [3.8, 4) is 0 Å². The second-order valence-corrected chi connectivity index (χ2v) is 6.45. The van der Waals surface area contributed by atoms with Crippen molar-refractivity contribution in [1.29, 1.82) is 0 Å². The Morgan fingerprint density at radius 2 is 2.18 bits per heavy atom. The van der Waals surface area contributed by atoms with Crippen molar-refractivity contribution in [2.24, 2.45) is 5.92 Å². The number of rotatable bonds is 5. The van der Waals surface area contributed by atoms with Gasteiger partial charge >= 0.3 is 0 Å². The maximum absolute atomic E-state index is 12.3. The van der Waals surface area contributed by atoms with Gasteiger partial charge < -0.3 is 14.6 Å². The van der Waals surface area contributed by atoms with Crippen molar-refractivity contribution in [2.75, 3.05) is 14.2 Å². The number of carbonyl (C=O) groups excluding carboxylic acids is 1. The number of hydrogen-bond acceptors (Lipinski definition) is 4. The summed E-state index contributed by atoms with van der Waals surface area (Å²) in [5, 5.41) is 2.53. The summed E-state index contributed by atoms with van der Waals surface area (Å²) in [6.45, 7) is 5.67. The highest BCUT2D eigenvalue weighted by molar-refractivity contribution is 7.83. The van der Waals surface area contributed by atoms with Crippen LogP contribution >= 0.6 is 0 Å². The molecule has 22 heavy (non-hydrogen) atoms. The molecule has 1 aliphatic carbocycles. The van der Waals surface area contributed by atoms with Gasteiger partial charge in [0.2, 0.25) is 5.91 Å². The molecule has 1 N–H and O–H groups in total. The first-order chi connectivity index (χ1) is 10.3. The zero-order valence-electron chi connectivity index (χ0n) is 13.8. The van der Waals surface area contributed by atoms with E-state index in [9.17, 15) is 13.6 Å². The molecule has 5 nitrogen and oxygen atoms in total. The van der Waals surface area contributed by atoms with Crippen LogP contribution in [-0.4, -0.2) is 34.4 Å². The second-order valence-electron chi connectivity index (χ2n) is 5.51. The van der Waals surface area contributed by atoms with Crippen LogP contribution in [-0.2, 0) is 20.6 Å². The summed E-state index contributed by atoms with van der Waals surface area (Å²) in [5.74, 6) is -1.32. The van der Waals surface area contributed by atoms with E-state index < -0.39 is 22.6 Å². The van der Waals surface area contributed by atoms with Gasteiger partial charge in [-0.15, -0.1) is 0 Å². The maximum atomic E-state index is 12.3. The molecule has 3 unspecified atom stereocenters. The fourth-order valence-corrected chi connectivity index (χ4v) is 3.32. The largest absolute Gasteiger partial charge is 0.769 e. The fourth-order valence-electron chi connectivity index (χ4n) is 2.55. The average Bonchev–Trinajstić information content (AvgIpc) is 2.49. The Labute approximate surface area is 134 Å². The second kappa shape index (κ2) is 7.85. The first-order valence-corrected chi connectivity index (χ1v) is 8.34. The summed E-state index contributed by atoms with van der Waals surface area (Å²) in [5.41, 5.74) is 0.860. The Balaban J connectivity index is 3.61. The molecule has 3 atom stereocenters. The Morgan fingerprint density at radius 3 is 2.64 bits per heavy atom. The predicted molar refractivity (Wildman–Crippen MR) is 86.7 cm³/mol. The van der Waals surface area contributed by atoms with Gasteiger partial charge in [-0.1, -0.05) is 25.5 Å². The van der Waals surface area contributed by atoms with E-state index in [1.807, 2.05) is 19.9 Å². The van der Waals surface area contributed by atoms with Gasteiger partial charge in [0.25, 0.3) is 0 Å². The molecule has 0 aliphatic heterocycles. The zero-order chi connectivity index (χ0) is 16.9. The molecule has 0 radical (unpaired) electrons. The predicted octanol–water partition coefficient (Wildman–Crippen LogP) is 2.20. The number of allylic oxidation sites excluding steroid dienone is 4. The van der Waals surface area contributed by atoms with Crippen LogP contribution in [0.4, 0.5) is 0 Å². The summed E-state index contributed by atoms with van der Waals surface area (Å²) in [6.07, 6.45) is 6.91. The fraction of sp³-hybridized carbons (Fsp3) is 0.562. The molecule has 6 heteroatoms. The standard InChI is InChI=1S/C16H25NO4S/c1-6-7-12-10-13(22(19)20)14(15(18)17-4)16(3,21-5)9-8-11(12)2/h8-10,14H,6-7H2,1-5H3,(H,17,18)(H,19,20)/p-1. The van der Waals surface area contributed by atoms with Crippen LogP contribution < -0.4 is 5.32 Å². The molecule has 1 aliphatic rings. The van der Waals surface area contributed by atoms with Crippen LogP contribution in [0.5, 0.6) is 0 Å². The normalized spacial score (nSPS) is 27.0. The number of carbonyl (C=O) groups is 1. The van der Waals surface area contributed by atoms with Crippen LogP contribution in [0.15, 0.2) is 34.3 Å². The minimum absolute atomic E-state index is 0.0517. The molecule has 0 saturated heterocycles. The van der Waals surface area contributed by atoms with Crippen molar-refractivity contribution < 1.29 is 18.3 Å². The average molecular weight is 326 g/mol. The quantitative estimate of drug-likeness (QED) is 0.786. The van der Waals surface area contributed by atoms with Crippen molar-refractivity contribution in [2.45, 2.75) is 39.2 Å². The third kappa shape index (κ3) is 3.94. The van der Waals surface area contributed by atoms with Crippen molar-refractivity contribution >= 4 is 17.0 Å². The van der Waals surface area contributed by atoms with Crippen LogP contribution in [0.25, 0.3) is 0 Å². The zero-order valence-corrected chi connectivity index (χ0v) is 14.6. The summed E-state index contributed by atoms with van der Waals surface area (Å²) >= 11 is -2.51. The molecule has 0 fully saturated rings. The van der Waals surface area contributed by atoms with Gasteiger partial charge in [0.1, 0.15) is 5.92 Å². The topological polar surface area (TPSA) is 78.5 Å². The lowest BCUT2D eigenvalue weighted by Crippen LogP contribution is -2.46. The number of ether oxygens (including phenoxy) is 1. The summed E-state index contributed by atoms with van der Waals surface area (Å²) in [6, 6.07) is 0. The lowest BCUT2D eigenvalue weighted by atomic mass is 9.83. The highest BCUT2D eigenvalue weighted by atomic mass is 32.2. The lowest BCUT2D eigenvalue weighted by molar-refractivity contribution is -0.129. The van der Waals surface area contributed by atoms with E-state index in [1.165, 1.54) is 14.2 Å². The van der Waals surface area contributed by atoms with Gasteiger partial charge in [-0.25, -0.2) is 0 Å². The Bertz CT molecular complexity index is 550. The van der Waals surface area contributed by atoms with Gasteiger partial charge in [0.15, 0.2) is 0 Å². The third-order valence-corrected chi connectivity index (χ3v) is 4.74. The molecular formula is C16H24NO4S-. The van der Waals surface area contributed by atoms with E-state index in [4.69, 9.17) is 4.74 Å².